The monoisotopic (exact) mass is 263 g/mol. The van der Waals surface area contributed by atoms with E-state index in [0.29, 0.717) is 12.1 Å². The maximum Gasteiger partial charge on any atom is 0.0826 e. The number of ether oxygens (including phenoxy) is 1. The number of rotatable bonds is 5. The van der Waals surface area contributed by atoms with E-state index in [2.05, 4.69) is 42.0 Å². The fraction of sp³-hybridized carbons (Fsp3) is 0.667. The number of nitrogens with zero attached hydrogens (tertiary/aromatic N) is 2. The molecule has 1 aromatic rings. The minimum absolute atomic E-state index is 0.299. The normalized spacial score (nSPS) is 20.9. The SMILES string of the molecule is Cc1ccncc1CNCC1CN(C(C)C)CCO1. The summed E-state index contributed by atoms with van der Waals surface area (Å²) in [5, 5.41) is 3.48. The molecule has 19 heavy (non-hydrogen) atoms. The molecule has 2 heterocycles. The quantitative estimate of drug-likeness (QED) is 0.875. The minimum atomic E-state index is 0.299. The van der Waals surface area contributed by atoms with Crippen LogP contribution in [0.25, 0.3) is 0 Å². The molecule has 0 saturated carbocycles. The summed E-state index contributed by atoms with van der Waals surface area (Å²) >= 11 is 0. The summed E-state index contributed by atoms with van der Waals surface area (Å²) in [5.74, 6) is 0. The molecule has 106 valence electrons. The minimum Gasteiger partial charge on any atom is -0.374 e. The van der Waals surface area contributed by atoms with E-state index in [1.165, 1.54) is 11.1 Å². The summed E-state index contributed by atoms with van der Waals surface area (Å²) in [4.78, 5) is 6.64. The Morgan fingerprint density at radius 2 is 2.37 bits per heavy atom. The van der Waals surface area contributed by atoms with E-state index < -0.39 is 0 Å². The van der Waals surface area contributed by atoms with Crippen LogP contribution in [-0.2, 0) is 11.3 Å². The second-order valence-electron chi connectivity index (χ2n) is 5.51. The van der Waals surface area contributed by atoms with Crippen molar-refractivity contribution in [2.75, 3.05) is 26.2 Å². The Hall–Kier alpha value is -0.970. The third-order valence-corrected chi connectivity index (χ3v) is 3.74. The van der Waals surface area contributed by atoms with Crippen molar-refractivity contribution < 1.29 is 4.74 Å². The van der Waals surface area contributed by atoms with Gasteiger partial charge in [0.05, 0.1) is 12.7 Å². The maximum absolute atomic E-state index is 5.81. The lowest BCUT2D eigenvalue weighted by Crippen LogP contribution is -2.49. The van der Waals surface area contributed by atoms with Gasteiger partial charge >= 0.3 is 0 Å². The van der Waals surface area contributed by atoms with Gasteiger partial charge in [-0.15, -0.1) is 0 Å². The molecule has 1 N–H and O–H groups in total. The Balaban J connectivity index is 1.75. The van der Waals surface area contributed by atoms with Crippen LogP contribution in [0.4, 0.5) is 0 Å². The summed E-state index contributed by atoms with van der Waals surface area (Å²) in [6.45, 7) is 11.3. The van der Waals surface area contributed by atoms with Crippen molar-refractivity contribution in [1.29, 1.82) is 0 Å². The number of pyridine rings is 1. The molecule has 0 bridgehead atoms. The molecule has 2 rings (SSSR count). The zero-order chi connectivity index (χ0) is 13.7. The largest absolute Gasteiger partial charge is 0.374 e. The van der Waals surface area contributed by atoms with E-state index in [4.69, 9.17) is 4.74 Å². The molecule has 1 atom stereocenters. The highest BCUT2D eigenvalue weighted by atomic mass is 16.5. The van der Waals surface area contributed by atoms with Gasteiger partial charge in [0.25, 0.3) is 0 Å². The lowest BCUT2D eigenvalue weighted by Gasteiger charge is -2.35. The zero-order valence-corrected chi connectivity index (χ0v) is 12.2. The van der Waals surface area contributed by atoms with E-state index in [0.717, 1.165) is 32.8 Å². The molecule has 4 nitrogen and oxygen atoms in total. The van der Waals surface area contributed by atoms with Crippen LogP contribution in [0.15, 0.2) is 18.5 Å². The first-order valence-electron chi connectivity index (χ1n) is 7.12. The standard InChI is InChI=1S/C15H25N3O/c1-12(2)18-6-7-19-15(11-18)10-17-9-14-8-16-5-4-13(14)3/h4-5,8,12,15,17H,6-7,9-11H2,1-3H3. The zero-order valence-electron chi connectivity index (χ0n) is 12.2. The molecule has 0 aliphatic carbocycles. The van der Waals surface area contributed by atoms with Crippen molar-refractivity contribution in [2.24, 2.45) is 0 Å². The number of nitrogens with one attached hydrogen (secondary N) is 1. The molecule has 0 amide bonds. The van der Waals surface area contributed by atoms with Crippen LogP contribution in [0.5, 0.6) is 0 Å². The van der Waals surface area contributed by atoms with Gasteiger partial charge in [-0.3, -0.25) is 9.88 Å². The van der Waals surface area contributed by atoms with Crippen LogP contribution in [0.3, 0.4) is 0 Å². The van der Waals surface area contributed by atoms with Gasteiger partial charge in [-0.2, -0.15) is 0 Å². The van der Waals surface area contributed by atoms with E-state index in [1.54, 1.807) is 0 Å². The highest BCUT2D eigenvalue weighted by Crippen LogP contribution is 2.09. The molecule has 0 spiro atoms. The van der Waals surface area contributed by atoms with E-state index in [1.807, 2.05) is 12.4 Å². The first kappa shape index (κ1) is 14.4. The molecule has 1 aliphatic rings. The highest BCUT2D eigenvalue weighted by Gasteiger charge is 2.21. The second-order valence-corrected chi connectivity index (χ2v) is 5.51. The van der Waals surface area contributed by atoms with Gasteiger partial charge in [0.2, 0.25) is 0 Å². The van der Waals surface area contributed by atoms with Crippen molar-refractivity contribution in [1.82, 2.24) is 15.2 Å². The van der Waals surface area contributed by atoms with Crippen molar-refractivity contribution in [3.8, 4) is 0 Å². The average molecular weight is 263 g/mol. The lowest BCUT2D eigenvalue weighted by molar-refractivity contribution is -0.0372. The molecule has 1 saturated heterocycles. The van der Waals surface area contributed by atoms with Gasteiger partial charge in [0.15, 0.2) is 0 Å². The van der Waals surface area contributed by atoms with Gasteiger partial charge in [0.1, 0.15) is 0 Å². The third-order valence-electron chi connectivity index (χ3n) is 3.74. The first-order valence-corrected chi connectivity index (χ1v) is 7.12. The van der Waals surface area contributed by atoms with Crippen LogP contribution in [-0.4, -0.2) is 48.3 Å². The fourth-order valence-corrected chi connectivity index (χ4v) is 2.38. The van der Waals surface area contributed by atoms with Crippen molar-refractivity contribution in [3.05, 3.63) is 29.6 Å². The van der Waals surface area contributed by atoms with Crippen molar-refractivity contribution in [2.45, 2.75) is 39.5 Å². The van der Waals surface area contributed by atoms with Crippen LogP contribution in [0.1, 0.15) is 25.0 Å². The molecular weight excluding hydrogens is 238 g/mol. The van der Waals surface area contributed by atoms with Gasteiger partial charge < -0.3 is 10.1 Å². The molecule has 1 aliphatic heterocycles. The smallest absolute Gasteiger partial charge is 0.0826 e. The van der Waals surface area contributed by atoms with Gasteiger partial charge in [-0.25, -0.2) is 0 Å². The van der Waals surface area contributed by atoms with E-state index in [9.17, 15) is 0 Å². The topological polar surface area (TPSA) is 37.4 Å². The Labute approximate surface area is 116 Å². The Bertz CT molecular complexity index is 395. The summed E-state index contributed by atoms with van der Waals surface area (Å²) in [5.41, 5.74) is 2.55. The van der Waals surface area contributed by atoms with Crippen molar-refractivity contribution >= 4 is 0 Å². The molecule has 0 aromatic carbocycles. The number of morpholine rings is 1. The Morgan fingerprint density at radius 3 is 3.11 bits per heavy atom. The number of aryl methyl sites for hydroxylation is 1. The lowest BCUT2D eigenvalue weighted by atomic mass is 10.1. The Morgan fingerprint density at radius 1 is 1.53 bits per heavy atom. The molecular formula is C15H25N3O. The van der Waals surface area contributed by atoms with Crippen LogP contribution in [0, 0.1) is 6.92 Å². The highest BCUT2D eigenvalue weighted by molar-refractivity contribution is 5.20. The van der Waals surface area contributed by atoms with Crippen LogP contribution >= 0.6 is 0 Å². The summed E-state index contributed by atoms with van der Waals surface area (Å²) in [7, 11) is 0. The molecule has 4 heteroatoms. The predicted octanol–water partition coefficient (Wildman–Crippen LogP) is 1.59. The summed E-state index contributed by atoms with van der Waals surface area (Å²) in [6, 6.07) is 2.65. The summed E-state index contributed by atoms with van der Waals surface area (Å²) in [6.07, 6.45) is 4.07. The maximum atomic E-state index is 5.81. The number of hydrogen-bond acceptors (Lipinski definition) is 4. The van der Waals surface area contributed by atoms with Crippen LogP contribution < -0.4 is 5.32 Å². The first-order chi connectivity index (χ1) is 9.16. The van der Waals surface area contributed by atoms with Gasteiger partial charge in [-0.05, 0) is 38.0 Å². The second kappa shape index (κ2) is 6.98. The molecule has 1 fully saturated rings. The Kier molecular flexibility index (Phi) is 5.31. The van der Waals surface area contributed by atoms with Gasteiger partial charge in [0, 0.05) is 44.6 Å². The fourth-order valence-electron chi connectivity index (χ4n) is 2.38. The van der Waals surface area contributed by atoms with Crippen LogP contribution in [0.2, 0.25) is 0 Å². The predicted molar refractivity (Wildman–Crippen MR) is 77.1 cm³/mol. The van der Waals surface area contributed by atoms with E-state index >= 15 is 0 Å². The number of hydrogen-bond donors (Lipinski definition) is 1. The van der Waals surface area contributed by atoms with Crippen molar-refractivity contribution in [3.63, 3.8) is 0 Å². The molecule has 1 aromatic heterocycles. The molecule has 1 unspecified atom stereocenters. The number of aromatic nitrogens is 1. The third kappa shape index (κ3) is 4.27. The van der Waals surface area contributed by atoms with E-state index in [-0.39, 0.29) is 0 Å². The summed E-state index contributed by atoms with van der Waals surface area (Å²) < 4.78 is 5.81. The average Bonchev–Trinajstić information content (AvgIpc) is 2.41. The van der Waals surface area contributed by atoms with Gasteiger partial charge in [-0.1, -0.05) is 0 Å². The molecule has 0 radical (unpaired) electrons.